The van der Waals surface area contributed by atoms with Gasteiger partial charge in [-0.2, -0.15) is 0 Å². The maximum atomic E-state index is 14.2. The van der Waals surface area contributed by atoms with E-state index in [1.807, 2.05) is 0 Å². The molecule has 0 unspecified atom stereocenters. The van der Waals surface area contributed by atoms with Gasteiger partial charge in [0.15, 0.2) is 48.9 Å². The first kappa shape index (κ1) is 70.4. The molecule has 0 bridgehead atoms. The second-order valence-corrected chi connectivity index (χ2v) is 21.4. The predicted octanol–water partition coefficient (Wildman–Crippen LogP) is -5.54. The van der Waals surface area contributed by atoms with E-state index in [1.54, 1.807) is 6.07 Å². The summed E-state index contributed by atoms with van der Waals surface area (Å²) in [4.78, 5) is 54.3. The van der Waals surface area contributed by atoms with Crippen molar-refractivity contribution in [3.8, 4) is 17.2 Å². The summed E-state index contributed by atoms with van der Waals surface area (Å²) in [5, 5.41) is 164. The van der Waals surface area contributed by atoms with E-state index in [-0.39, 0.29) is 28.4 Å². The maximum Gasteiger partial charge on any atom is 0.338 e. The van der Waals surface area contributed by atoms with E-state index < -0.39 is 210 Å². The number of carbonyl (C=O) groups is 4. The Labute approximate surface area is 516 Å². The molecule has 5 aliphatic rings. The Morgan fingerprint density at radius 3 is 1.65 bits per heavy atom. The highest BCUT2D eigenvalue weighted by atomic mass is 16.8. The molecular weight excluding hydrogens is 1220 g/mol. The second-order valence-electron chi connectivity index (χ2n) is 21.4. The number of benzene rings is 3. The Bertz CT molecular complexity index is 2930. The molecule has 33 heteroatoms. The molecule has 5 heterocycles. The summed E-state index contributed by atoms with van der Waals surface area (Å²) in [6, 6.07) is 16.5. The summed E-state index contributed by atoms with van der Waals surface area (Å²) in [7, 11) is 1.25. The molecular formula is C58H72O33. The number of aromatic hydroxyl groups is 2. The van der Waals surface area contributed by atoms with Crippen LogP contribution in [0.5, 0.6) is 17.2 Å². The van der Waals surface area contributed by atoms with Crippen LogP contribution in [0.2, 0.25) is 0 Å². The Hall–Kier alpha value is -6.46. The van der Waals surface area contributed by atoms with Crippen LogP contribution < -0.4 is 4.74 Å². The number of aliphatic hydroxyl groups is 13. The summed E-state index contributed by atoms with van der Waals surface area (Å²) in [5.41, 5.74) is 0.448. The van der Waals surface area contributed by atoms with E-state index in [4.69, 9.17) is 66.3 Å². The van der Waals surface area contributed by atoms with Crippen molar-refractivity contribution in [3.05, 3.63) is 102 Å². The lowest BCUT2D eigenvalue weighted by molar-refractivity contribution is -0.423. The Kier molecular flexibility index (Phi) is 24.3. The van der Waals surface area contributed by atoms with Gasteiger partial charge in [0.2, 0.25) is 5.79 Å². The molecule has 0 aromatic heterocycles. The van der Waals surface area contributed by atoms with Gasteiger partial charge in [0, 0.05) is 19.1 Å². The average Bonchev–Trinajstić information content (AvgIpc) is 1.77. The number of phenolic OH excluding ortho intramolecular Hbond substituents is 2. The van der Waals surface area contributed by atoms with Crippen LogP contribution >= 0.6 is 0 Å². The van der Waals surface area contributed by atoms with Gasteiger partial charge >= 0.3 is 23.9 Å². The molecule has 5 fully saturated rings. The smallest absolute Gasteiger partial charge is 0.338 e. The summed E-state index contributed by atoms with van der Waals surface area (Å²) >= 11 is 0. The summed E-state index contributed by atoms with van der Waals surface area (Å²) in [5.74, 6) is -8.05. The van der Waals surface area contributed by atoms with Gasteiger partial charge in [-0.25, -0.2) is 14.4 Å². The third kappa shape index (κ3) is 16.5. The van der Waals surface area contributed by atoms with E-state index in [9.17, 15) is 95.8 Å². The van der Waals surface area contributed by atoms with Crippen LogP contribution in [0.3, 0.4) is 0 Å². The van der Waals surface area contributed by atoms with Gasteiger partial charge in [0.25, 0.3) is 0 Å². The van der Waals surface area contributed by atoms with E-state index >= 15 is 0 Å². The molecule has 91 heavy (non-hydrogen) atoms. The summed E-state index contributed by atoms with van der Waals surface area (Å²) in [6.45, 7) is -5.58. The largest absolute Gasteiger partial charge is 0.508 e. The highest BCUT2D eigenvalue weighted by molar-refractivity contribution is 5.90. The second kappa shape index (κ2) is 31.4. The Morgan fingerprint density at radius 2 is 1.05 bits per heavy atom. The molecule has 0 aliphatic carbocycles. The van der Waals surface area contributed by atoms with Gasteiger partial charge in [-0.15, -0.1) is 0 Å². The number of methoxy groups -OCH3 is 1. The van der Waals surface area contributed by atoms with Gasteiger partial charge in [0.1, 0.15) is 123 Å². The van der Waals surface area contributed by atoms with Gasteiger partial charge in [-0.05, 0) is 59.7 Å². The first-order valence-electron chi connectivity index (χ1n) is 28.2. The number of aliphatic hydroxyl groups excluding tert-OH is 13. The molecule has 5 aliphatic heterocycles. The van der Waals surface area contributed by atoms with Gasteiger partial charge in [-0.3, -0.25) is 4.79 Å². The third-order valence-electron chi connectivity index (χ3n) is 15.2. The fourth-order valence-corrected chi connectivity index (χ4v) is 10.4. The number of hydrogen-bond acceptors (Lipinski definition) is 33. The number of rotatable bonds is 24. The van der Waals surface area contributed by atoms with E-state index in [0.29, 0.717) is 5.56 Å². The minimum Gasteiger partial charge on any atom is -0.508 e. The molecule has 5 saturated heterocycles. The lowest BCUT2D eigenvalue weighted by Gasteiger charge is -2.51. The number of phenols is 2. The normalized spacial score (nSPS) is 36.8. The van der Waals surface area contributed by atoms with Crippen LogP contribution in [-0.4, -0.2) is 294 Å². The molecule has 3 aromatic rings. The standard InChI is InChI=1S/C58H72O33/c1-25(63)79-23-36-41(70)49(86-54-45(74)43(72)39(68)32(19-59)81-54)47(76)56(84-36)87-50-48(85-38(67)17-12-27-10-15-30(65)31(18-27)78-2)35(22-62)83-57(51(50)88-55-46(75)44(73)40(69)33(20-60)82-55)91-58(24-80-37(66)16-11-26-8-13-29(64)14-9-26)52(42(71)34(21-61)90-58)89-53(77)28-6-4-3-5-7-28/h3-18,32-36,39-52,54-57,59-62,64-65,68-76H,19-24H2,1-2H3/b16-11+,17-12+/t32-,33-,34-,35-,36-,39-,40-,41-,42-,43+,44+,45-,46-,47-,48-,49+,50+,51-,52+,54+,55+,56+,57-,58+/m1/s1. The van der Waals surface area contributed by atoms with E-state index in [1.165, 1.54) is 86.0 Å². The summed E-state index contributed by atoms with van der Waals surface area (Å²) < 4.78 is 82.8. The Morgan fingerprint density at radius 1 is 0.516 bits per heavy atom. The van der Waals surface area contributed by atoms with Crippen molar-refractivity contribution < 1.29 is 162 Å². The van der Waals surface area contributed by atoms with Crippen LogP contribution in [0, 0.1) is 0 Å². The topological polar surface area (TPSA) is 501 Å². The molecule has 3 aromatic carbocycles. The van der Waals surface area contributed by atoms with Crippen LogP contribution in [0.15, 0.2) is 84.9 Å². The average molecular weight is 1300 g/mol. The van der Waals surface area contributed by atoms with Crippen molar-refractivity contribution >= 4 is 36.0 Å². The highest BCUT2D eigenvalue weighted by Gasteiger charge is 2.64. The lowest BCUT2D eigenvalue weighted by atomic mass is 9.95. The van der Waals surface area contributed by atoms with Crippen LogP contribution in [-0.2, 0) is 76.0 Å². The zero-order valence-corrected chi connectivity index (χ0v) is 48.3. The van der Waals surface area contributed by atoms with Gasteiger partial charge < -0.3 is 143 Å². The first-order valence-corrected chi connectivity index (χ1v) is 28.2. The quantitative estimate of drug-likeness (QED) is 0.0226. The molecule has 15 N–H and O–H groups in total. The van der Waals surface area contributed by atoms with Crippen LogP contribution in [0.1, 0.15) is 28.4 Å². The van der Waals surface area contributed by atoms with Crippen LogP contribution in [0.4, 0.5) is 0 Å². The monoisotopic (exact) mass is 1300 g/mol. The van der Waals surface area contributed by atoms with Crippen molar-refractivity contribution in [3.63, 3.8) is 0 Å². The van der Waals surface area contributed by atoms with Gasteiger partial charge in [0.05, 0.1) is 39.1 Å². The number of carbonyl (C=O) groups excluding carboxylic acids is 4. The van der Waals surface area contributed by atoms with Gasteiger partial charge in [-0.1, -0.05) is 36.4 Å². The van der Waals surface area contributed by atoms with Crippen molar-refractivity contribution in [1.82, 2.24) is 0 Å². The fourth-order valence-electron chi connectivity index (χ4n) is 10.4. The Balaban J connectivity index is 1.28. The molecule has 8 rings (SSSR count). The van der Waals surface area contributed by atoms with E-state index in [0.717, 1.165) is 19.1 Å². The first-order chi connectivity index (χ1) is 43.4. The molecule has 24 atom stereocenters. The SMILES string of the molecule is COc1cc(/C=C/C(=O)O[C@H]2[C@H](O[C@@H]3O[C@H](COC(C)=O)[C@@H](O)[C@H](O[C@@H]4O[C@H](CO)[C@@H](O)[C@H](O)[C@H]4O)[C@H]3O)[C@@H](O[C@@H]3O[C@H](CO)[C@@H](O)[C@H](O)[C@H]3O)[C@@H](O[C@]3(COC(=O)/C=C/c4ccc(O)cc4)O[C@H](CO)[C@@H](O)[C@@H]3OC(=O)c3ccccc3)O[C@@H]2CO)ccc1O. The minimum absolute atomic E-state index is 0.0274. The molecule has 33 nitrogen and oxygen atoms in total. The van der Waals surface area contributed by atoms with Crippen molar-refractivity contribution in [2.24, 2.45) is 0 Å². The zero-order chi connectivity index (χ0) is 66.0. The minimum atomic E-state index is -2.98. The zero-order valence-electron chi connectivity index (χ0n) is 48.3. The van der Waals surface area contributed by atoms with Crippen LogP contribution in [0.25, 0.3) is 12.2 Å². The molecule has 0 saturated carbocycles. The van der Waals surface area contributed by atoms with E-state index in [2.05, 4.69) is 0 Å². The molecule has 0 amide bonds. The fraction of sp³-hybridized carbons (Fsp3) is 0.552. The van der Waals surface area contributed by atoms with Crippen molar-refractivity contribution in [2.45, 2.75) is 154 Å². The number of hydrogen-bond donors (Lipinski definition) is 15. The molecule has 0 radical (unpaired) electrons. The van der Waals surface area contributed by atoms with Crippen molar-refractivity contribution in [2.75, 3.05) is 46.8 Å². The summed E-state index contributed by atoms with van der Waals surface area (Å²) in [6.07, 6.45) is -45.3. The predicted molar refractivity (Wildman–Crippen MR) is 294 cm³/mol. The molecule has 502 valence electrons. The highest BCUT2D eigenvalue weighted by Crippen LogP contribution is 2.43. The lowest BCUT2D eigenvalue weighted by Crippen LogP contribution is -2.69. The third-order valence-corrected chi connectivity index (χ3v) is 15.2. The molecule has 0 spiro atoms. The van der Waals surface area contributed by atoms with Crippen molar-refractivity contribution in [1.29, 1.82) is 0 Å². The number of esters is 4. The number of ether oxygens (including phenoxy) is 14. The maximum absolute atomic E-state index is 14.2.